The number of alkyl halides is 2. The molecule has 0 spiro atoms. The van der Waals surface area contributed by atoms with Crippen LogP contribution in [0.15, 0.2) is 12.4 Å². The van der Waals surface area contributed by atoms with Gasteiger partial charge in [0.2, 0.25) is 10.0 Å². The summed E-state index contributed by atoms with van der Waals surface area (Å²) in [6.45, 7) is -1.56. The maximum absolute atomic E-state index is 12.4. The van der Waals surface area contributed by atoms with E-state index >= 15 is 0 Å². The maximum atomic E-state index is 12.4. The van der Waals surface area contributed by atoms with Gasteiger partial charge in [-0.1, -0.05) is 0 Å². The van der Waals surface area contributed by atoms with Crippen LogP contribution in [0.3, 0.4) is 0 Å². The number of sulfonamides is 1. The predicted octanol–water partition coefficient (Wildman–Crippen LogP) is 0.307. The molecular weight excluding hydrogens is 266 g/mol. The molecule has 0 aliphatic rings. The zero-order chi connectivity index (χ0) is 13.6. The molecule has 9 heteroatoms. The first kappa shape index (κ1) is 15.0. The van der Waals surface area contributed by atoms with Gasteiger partial charge in [0.25, 0.3) is 0 Å². The molecular formula is C9H16F2N4O2S. The SMILES string of the molecule is CS(=O)(=O)NCCCNCc1nccn1C(F)F. The molecule has 1 aromatic rings. The Morgan fingerprint density at radius 3 is 2.78 bits per heavy atom. The molecule has 0 aliphatic carbocycles. The number of aromatic nitrogens is 2. The van der Waals surface area contributed by atoms with Gasteiger partial charge in [-0.05, 0) is 13.0 Å². The van der Waals surface area contributed by atoms with Crippen LogP contribution in [0.1, 0.15) is 18.8 Å². The van der Waals surface area contributed by atoms with E-state index in [0.717, 1.165) is 10.8 Å². The number of nitrogens with one attached hydrogen (secondary N) is 2. The number of rotatable bonds is 8. The van der Waals surface area contributed by atoms with Crippen LogP contribution in [-0.4, -0.2) is 37.3 Å². The van der Waals surface area contributed by atoms with Gasteiger partial charge in [-0.15, -0.1) is 0 Å². The Morgan fingerprint density at radius 2 is 2.17 bits per heavy atom. The van der Waals surface area contributed by atoms with Gasteiger partial charge in [0.05, 0.1) is 12.8 Å². The normalized spacial score (nSPS) is 12.2. The number of nitrogens with zero attached hydrogens (tertiary/aromatic N) is 2. The molecule has 0 radical (unpaired) electrons. The van der Waals surface area contributed by atoms with Crippen LogP contribution in [0.25, 0.3) is 0 Å². The quantitative estimate of drug-likeness (QED) is 0.673. The lowest BCUT2D eigenvalue weighted by atomic mass is 10.4. The first-order valence-electron chi connectivity index (χ1n) is 5.35. The highest BCUT2D eigenvalue weighted by atomic mass is 32.2. The minimum atomic E-state index is -3.17. The lowest BCUT2D eigenvalue weighted by molar-refractivity contribution is 0.0666. The summed E-state index contributed by atoms with van der Waals surface area (Å²) in [6.07, 6.45) is 4.18. The average Bonchev–Trinajstić information content (AvgIpc) is 2.69. The lowest BCUT2D eigenvalue weighted by Crippen LogP contribution is -2.26. The largest absolute Gasteiger partial charge is 0.319 e. The molecule has 1 rings (SSSR count). The summed E-state index contributed by atoms with van der Waals surface area (Å²) < 4.78 is 49.5. The molecule has 1 aromatic heterocycles. The zero-order valence-corrected chi connectivity index (χ0v) is 10.8. The molecule has 6 nitrogen and oxygen atoms in total. The molecule has 18 heavy (non-hydrogen) atoms. The number of hydrogen-bond donors (Lipinski definition) is 2. The van der Waals surface area contributed by atoms with Crippen molar-refractivity contribution in [1.29, 1.82) is 0 Å². The molecule has 0 saturated carbocycles. The Kier molecular flexibility index (Phi) is 5.63. The van der Waals surface area contributed by atoms with Gasteiger partial charge >= 0.3 is 6.55 Å². The van der Waals surface area contributed by atoms with Gasteiger partial charge in [0, 0.05) is 18.9 Å². The molecule has 0 aromatic carbocycles. The van der Waals surface area contributed by atoms with Crippen molar-refractivity contribution in [1.82, 2.24) is 19.6 Å². The minimum Gasteiger partial charge on any atom is -0.310 e. The fraction of sp³-hybridized carbons (Fsp3) is 0.667. The second-order valence-corrected chi connectivity index (χ2v) is 5.56. The fourth-order valence-corrected chi connectivity index (χ4v) is 1.84. The predicted molar refractivity (Wildman–Crippen MR) is 62.7 cm³/mol. The Labute approximate surface area is 104 Å². The Balaban J connectivity index is 2.20. The van der Waals surface area contributed by atoms with Gasteiger partial charge in [-0.25, -0.2) is 18.1 Å². The molecule has 0 aliphatic heterocycles. The van der Waals surface area contributed by atoms with E-state index in [0.29, 0.717) is 19.5 Å². The molecule has 2 N–H and O–H groups in total. The second kappa shape index (κ2) is 6.76. The van der Waals surface area contributed by atoms with Crippen LogP contribution in [0.5, 0.6) is 0 Å². The van der Waals surface area contributed by atoms with Gasteiger partial charge in [-0.3, -0.25) is 4.57 Å². The third kappa shape index (κ3) is 5.52. The van der Waals surface area contributed by atoms with E-state index in [9.17, 15) is 17.2 Å². The van der Waals surface area contributed by atoms with Gasteiger partial charge in [0.15, 0.2) is 0 Å². The Hall–Kier alpha value is -1.06. The first-order chi connectivity index (χ1) is 8.40. The molecule has 1 heterocycles. The standard InChI is InChI=1S/C9H16F2N4O2S/c1-18(16,17)14-4-2-3-12-7-8-13-5-6-15(8)9(10)11/h5-6,9,12,14H,2-4,7H2,1H3. The van der Waals surface area contributed by atoms with Crippen molar-refractivity contribution < 1.29 is 17.2 Å². The summed E-state index contributed by atoms with van der Waals surface area (Å²) in [5.41, 5.74) is 0. The first-order valence-corrected chi connectivity index (χ1v) is 7.24. The highest BCUT2D eigenvalue weighted by Crippen LogP contribution is 2.11. The van der Waals surface area contributed by atoms with Crippen molar-refractivity contribution in [3.63, 3.8) is 0 Å². The molecule has 0 fully saturated rings. The second-order valence-electron chi connectivity index (χ2n) is 3.73. The van der Waals surface area contributed by atoms with E-state index in [1.165, 1.54) is 12.4 Å². The Morgan fingerprint density at radius 1 is 1.44 bits per heavy atom. The van der Waals surface area contributed by atoms with E-state index in [4.69, 9.17) is 0 Å². The smallest absolute Gasteiger partial charge is 0.310 e. The highest BCUT2D eigenvalue weighted by Gasteiger charge is 2.10. The van der Waals surface area contributed by atoms with Gasteiger partial charge in [0.1, 0.15) is 5.82 Å². The van der Waals surface area contributed by atoms with Crippen LogP contribution in [0.4, 0.5) is 8.78 Å². The molecule has 0 amide bonds. The molecule has 104 valence electrons. The average molecular weight is 282 g/mol. The van der Waals surface area contributed by atoms with E-state index in [1.807, 2.05) is 0 Å². The summed E-state index contributed by atoms with van der Waals surface area (Å²) in [6, 6.07) is 0. The van der Waals surface area contributed by atoms with E-state index in [1.54, 1.807) is 0 Å². The van der Waals surface area contributed by atoms with Crippen molar-refractivity contribution in [3.8, 4) is 0 Å². The molecule has 0 unspecified atom stereocenters. The number of hydrogen-bond acceptors (Lipinski definition) is 4. The third-order valence-electron chi connectivity index (χ3n) is 2.14. The zero-order valence-electron chi connectivity index (χ0n) is 9.94. The van der Waals surface area contributed by atoms with Crippen molar-refractivity contribution >= 4 is 10.0 Å². The van der Waals surface area contributed by atoms with Crippen LogP contribution in [0.2, 0.25) is 0 Å². The molecule has 0 atom stereocenters. The highest BCUT2D eigenvalue weighted by molar-refractivity contribution is 7.88. The summed E-state index contributed by atoms with van der Waals surface area (Å²) in [4.78, 5) is 3.80. The molecule has 0 saturated heterocycles. The van der Waals surface area contributed by atoms with Crippen molar-refractivity contribution in [2.24, 2.45) is 0 Å². The van der Waals surface area contributed by atoms with Crippen LogP contribution >= 0.6 is 0 Å². The summed E-state index contributed by atoms with van der Waals surface area (Å²) in [5.74, 6) is 0.251. The van der Waals surface area contributed by atoms with Crippen LogP contribution < -0.4 is 10.0 Å². The fourth-order valence-electron chi connectivity index (χ4n) is 1.33. The van der Waals surface area contributed by atoms with Crippen LogP contribution in [-0.2, 0) is 16.6 Å². The summed E-state index contributed by atoms with van der Waals surface area (Å²) in [5, 5.41) is 2.92. The van der Waals surface area contributed by atoms with Crippen LogP contribution in [0, 0.1) is 0 Å². The third-order valence-corrected chi connectivity index (χ3v) is 2.87. The number of imidazole rings is 1. The molecule has 0 bridgehead atoms. The summed E-state index contributed by atoms with van der Waals surface area (Å²) in [7, 11) is -3.17. The van der Waals surface area contributed by atoms with Crippen molar-refractivity contribution in [2.75, 3.05) is 19.3 Å². The van der Waals surface area contributed by atoms with E-state index in [2.05, 4.69) is 15.0 Å². The monoisotopic (exact) mass is 282 g/mol. The maximum Gasteiger partial charge on any atom is 0.319 e. The van der Waals surface area contributed by atoms with E-state index in [-0.39, 0.29) is 12.4 Å². The number of halogens is 2. The van der Waals surface area contributed by atoms with Gasteiger partial charge in [-0.2, -0.15) is 8.78 Å². The Bertz CT molecular complexity index is 461. The summed E-state index contributed by atoms with van der Waals surface area (Å²) >= 11 is 0. The van der Waals surface area contributed by atoms with Gasteiger partial charge < -0.3 is 5.32 Å². The minimum absolute atomic E-state index is 0.218. The lowest BCUT2D eigenvalue weighted by Gasteiger charge is -2.07. The topological polar surface area (TPSA) is 76.0 Å². The van der Waals surface area contributed by atoms with E-state index < -0.39 is 16.6 Å². The van der Waals surface area contributed by atoms with Crippen molar-refractivity contribution in [2.45, 2.75) is 19.5 Å². The van der Waals surface area contributed by atoms with Crippen molar-refractivity contribution in [3.05, 3.63) is 18.2 Å².